The summed E-state index contributed by atoms with van der Waals surface area (Å²) < 4.78 is 0.909. The Labute approximate surface area is 160 Å². The Morgan fingerprint density at radius 3 is 2.38 bits per heavy atom. The standard InChI is InChI=1S/C20H19BrN2O3/c1-3-15-18(12(2)24)22-23(14-10-8-13(21)9-11-14)19(15)20(26)16-6-4-5-7-17(16)25/h4-11,15,19,25H,3H2,1-2H3. The molecular formula is C20H19BrN2O3. The highest BCUT2D eigenvalue weighted by atomic mass is 79.9. The van der Waals surface area contributed by atoms with Gasteiger partial charge in [-0.3, -0.25) is 14.6 Å². The van der Waals surface area contributed by atoms with Gasteiger partial charge in [0.2, 0.25) is 0 Å². The Morgan fingerprint density at radius 1 is 1.15 bits per heavy atom. The molecule has 0 fully saturated rings. The van der Waals surface area contributed by atoms with Gasteiger partial charge in [-0.1, -0.05) is 35.0 Å². The third kappa shape index (κ3) is 3.29. The number of Topliss-reactive ketones (excluding diaryl/α,β-unsaturated/α-hetero) is 2. The maximum Gasteiger partial charge on any atom is 0.191 e. The highest BCUT2D eigenvalue weighted by Gasteiger charge is 2.43. The molecule has 2 atom stereocenters. The molecule has 0 radical (unpaired) electrons. The lowest BCUT2D eigenvalue weighted by molar-refractivity contribution is -0.111. The molecule has 1 N–H and O–H groups in total. The number of rotatable bonds is 5. The number of benzene rings is 2. The third-order valence-corrected chi connectivity index (χ3v) is 5.07. The quantitative estimate of drug-likeness (QED) is 0.744. The van der Waals surface area contributed by atoms with Gasteiger partial charge in [0, 0.05) is 17.3 Å². The number of nitrogens with zero attached hydrogens (tertiary/aromatic N) is 2. The van der Waals surface area contributed by atoms with Crippen LogP contribution in [0.4, 0.5) is 5.69 Å². The van der Waals surface area contributed by atoms with Crippen LogP contribution in [0.1, 0.15) is 30.6 Å². The van der Waals surface area contributed by atoms with Gasteiger partial charge in [0.1, 0.15) is 17.5 Å². The van der Waals surface area contributed by atoms with Crippen LogP contribution in [0, 0.1) is 5.92 Å². The zero-order chi connectivity index (χ0) is 18.8. The highest BCUT2D eigenvalue weighted by molar-refractivity contribution is 9.10. The monoisotopic (exact) mass is 414 g/mol. The lowest BCUT2D eigenvalue weighted by Crippen LogP contribution is -2.41. The van der Waals surface area contributed by atoms with E-state index in [0.717, 1.165) is 10.2 Å². The normalized spacial score (nSPS) is 19.3. The maximum absolute atomic E-state index is 13.3. The Balaban J connectivity index is 2.09. The van der Waals surface area contributed by atoms with Gasteiger partial charge in [0.05, 0.1) is 11.3 Å². The van der Waals surface area contributed by atoms with Gasteiger partial charge in [-0.2, -0.15) is 5.10 Å². The van der Waals surface area contributed by atoms with Crippen molar-refractivity contribution in [3.8, 4) is 5.75 Å². The minimum atomic E-state index is -0.673. The summed E-state index contributed by atoms with van der Waals surface area (Å²) in [5, 5.41) is 16.2. The van der Waals surface area contributed by atoms with Crippen molar-refractivity contribution in [1.82, 2.24) is 0 Å². The van der Waals surface area contributed by atoms with E-state index in [9.17, 15) is 14.7 Å². The van der Waals surface area contributed by atoms with E-state index >= 15 is 0 Å². The van der Waals surface area contributed by atoms with Crippen LogP contribution in [-0.4, -0.2) is 28.4 Å². The van der Waals surface area contributed by atoms with Gasteiger partial charge < -0.3 is 5.11 Å². The van der Waals surface area contributed by atoms with E-state index in [1.54, 1.807) is 23.2 Å². The fourth-order valence-corrected chi connectivity index (χ4v) is 3.53. The van der Waals surface area contributed by atoms with E-state index in [4.69, 9.17) is 0 Å². The zero-order valence-corrected chi connectivity index (χ0v) is 16.1. The second-order valence-electron chi connectivity index (χ2n) is 6.20. The van der Waals surface area contributed by atoms with E-state index in [0.29, 0.717) is 12.1 Å². The number of carbonyl (C=O) groups is 2. The molecular weight excluding hydrogens is 396 g/mol. The smallest absolute Gasteiger partial charge is 0.191 e. The first-order chi connectivity index (χ1) is 12.4. The molecule has 0 aromatic heterocycles. The van der Waals surface area contributed by atoms with Crippen LogP contribution in [0.3, 0.4) is 0 Å². The molecule has 2 aromatic rings. The lowest BCUT2D eigenvalue weighted by Gasteiger charge is -2.26. The molecule has 0 spiro atoms. The van der Waals surface area contributed by atoms with E-state index in [1.165, 1.54) is 13.0 Å². The molecule has 1 aliphatic rings. The summed E-state index contributed by atoms with van der Waals surface area (Å²) in [6.07, 6.45) is 0.593. The van der Waals surface area contributed by atoms with Gasteiger partial charge in [-0.05, 0) is 42.8 Å². The van der Waals surface area contributed by atoms with Crippen LogP contribution in [0.2, 0.25) is 0 Å². The molecule has 6 heteroatoms. The average Bonchev–Trinajstić information content (AvgIpc) is 3.02. The SMILES string of the molecule is CCC1C(C(C)=O)=NN(c2ccc(Br)cc2)C1C(=O)c1ccccc1O. The largest absolute Gasteiger partial charge is 0.507 e. The second-order valence-corrected chi connectivity index (χ2v) is 7.12. The van der Waals surface area contributed by atoms with E-state index in [-0.39, 0.29) is 28.8 Å². The van der Waals surface area contributed by atoms with Crippen LogP contribution >= 0.6 is 15.9 Å². The van der Waals surface area contributed by atoms with Crippen LogP contribution in [0.5, 0.6) is 5.75 Å². The molecule has 2 unspecified atom stereocenters. The number of phenols is 1. The number of ketones is 2. The summed E-state index contributed by atoms with van der Waals surface area (Å²) in [6, 6.07) is 13.2. The molecule has 0 bridgehead atoms. The number of para-hydroxylation sites is 1. The summed E-state index contributed by atoms with van der Waals surface area (Å²) in [7, 11) is 0. The summed E-state index contributed by atoms with van der Waals surface area (Å²) >= 11 is 3.40. The summed E-state index contributed by atoms with van der Waals surface area (Å²) in [4.78, 5) is 25.4. The van der Waals surface area contributed by atoms with Crippen LogP contribution in [-0.2, 0) is 4.79 Å². The number of carbonyl (C=O) groups excluding carboxylic acids is 2. The fourth-order valence-electron chi connectivity index (χ4n) is 3.27. The number of hydrogen-bond acceptors (Lipinski definition) is 5. The van der Waals surface area contributed by atoms with Gasteiger partial charge in [0.25, 0.3) is 0 Å². The second kappa shape index (κ2) is 7.41. The number of hydrazone groups is 1. The predicted octanol–water partition coefficient (Wildman–Crippen LogP) is 4.20. The maximum atomic E-state index is 13.3. The average molecular weight is 415 g/mol. The Bertz CT molecular complexity index is 877. The van der Waals surface area contributed by atoms with Crippen LogP contribution < -0.4 is 5.01 Å². The molecule has 26 heavy (non-hydrogen) atoms. The molecule has 0 amide bonds. The Morgan fingerprint density at radius 2 is 1.81 bits per heavy atom. The molecule has 3 rings (SSSR count). The van der Waals surface area contributed by atoms with Gasteiger partial charge >= 0.3 is 0 Å². The van der Waals surface area contributed by atoms with Crippen molar-refractivity contribution in [2.24, 2.45) is 11.0 Å². The van der Waals surface area contributed by atoms with E-state index in [1.807, 2.05) is 31.2 Å². The third-order valence-electron chi connectivity index (χ3n) is 4.54. The number of hydrogen-bond donors (Lipinski definition) is 1. The van der Waals surface area contributed by atoms with Crippen molar-refractivity contribution in [3.63, 3.8) is 0 Å². The molecule has 2 aromatic carbocycles. The Hall–Kier alpha value is -2.47. The summed E-state index contributed by atoms with van der Waals surface area (Å²) in [5.41, 5.74) is 1.35. The summed E-state index contributed by atoms with van der Waals surface area (Å²) in [5.74, 6) is -0.799. The van der Waals surface area contributed by atoms with Crippen LogP contribution in [0.15, 0.2) is 58.1 Å². The number of aromatic hydroxyl groups is 1. The van der Waals surface area contributed by atoms with Gasteiger partial charge in [0.15, 0.2) is 11.6 Å². The highest BCUT2D eigenvalue weighted by Crippen LogP contribution is 2.34. The number of phenolic OH excluding ortho intramolecular Hbond substituents is 1. The number of halogens is 1. The lowest BCUT2D eigenvalue weighted by atomic mass is 9.86. The van der Waals surface area contributed by atoms with Crippen molar-refractivity contribution in [1.29, 1.82) is 0 Å². The minimum absolute atomic E-state index is 0.0700. The van der Waals surface area contributed by atoms with Crippen molar-refractivity contribution in [2.75, 3.05) is 5.01 Å². The molecule has 0 aliphatic carbocycles. The zero-order valence-electron chi connectivity index (χ0n) is 14.5. The van der Waals surface area contributed by atoms with Crippen molar-refractivity contribution < 1.29 is 14.7 Å². The predicted molar refractivity (Wildman–Crippen MR) is 105 cm³/mol. The summed E-state index contributed by atoms with van der Waals surface area (Å²) in [6.45, 7) is 3.40. The van der Waals surface area contributed by atoms with Gasteiger partial charge in [-0.15, -0.1) is 0 Å². The van der Waals surface area contributed by atoms with Crippen LogP contribution in [0.25, 0.3) is 0 Å². The number of anilines is 1. The van der Waals surface area contributed by atoms with E-state index in [2.05, 4.69) is 21.0 Å². The first-order valence-electron chi connectivity index (χ1n) is 8.40. The minimum Gasteiger partial charge on any atom is -0.507 e. The molecule has 1 heterocycles. The topological polar surface area (TPSA) is 70.0 Å². The van der Waals surface area contributed by atoms with Crippen molar-refractivity contribution in [3.05, 3.63) is 58.6 Å². The van der Waals surface area contributed by atoms with Crippen molar-refractivity contribution >= 4 is 38.9 Å². The molecule has 5 nitrogen and oxygen atoms in total. The first-order valence-corrected chi connectivity index (χ1v) is 9.19. The van der Waals surface area contributed by atoms with E-state index < -0.39 is 6.04 Å². The molecule has 134 valence electrons. The molecule has 0 saturated carbocycles. The van der Waals surface area contributed by atoms with Crippen molar-refractivity contribution in [2.45, 2.75) is 26.3 Å². The fraction of sp³-hybridized carbons (Fsp3) is 0.250. The molecule has 0 saturated heterocycles. The Kier molecular flexibility index (Phi) is 5.23. The first kappa shape index (κ1) is 18.3. The molecule has 1 aliphatic heterocycles. The van der Waals surface area contributed by atoms with Gasteiger partial charge in [-0.25, -0.2) is 0 Å².